The van der Waals surface area contributed by atoms with Gasteiger partial charge in [-0.05, 0) is 47.9 Å². The van der Waals surface area contributed by atoms with E-state index in [1.165, 1.54) is 12.1 Å². The Balaban J connectivity index is 0.00000131. The first-order chi connectivity index (χ1) is 12.1. The van der Waals surface area contributed by atoms with Crippen molar-refractivity contribution in [3.8, 4) is 11.3 Å². The number of halogens is 3. The Hall–Kier alpha value is -2.41. The van der Waals surface area contributed by atoms with Crippen LogP contribution in [0.5, 0.6) is 0 Å². The first kappa shape index (κ1) is 20.9. The molecule has 4 N–H and O–H groups in total. The number of hydrogen-bond acceptors (Lipinski definition) is 3. The maximum atomic E-state index is 13.0. The van der Waals surface area contributed by atoms with Gasteiger partial charge in [0.2, 0.25) is 0 Å². The minimum absolute atomic E-state index is 0. The number of nitrogens with two attached hydrogens (primary N) is 1. The molecule has 1 amide bonds. The molecule has 1 aromatic heterocycles. The number of carbonyl (C=O) groups excluding carboxylic acids is 1. The molecule has 0 bridgehead atoms. The zero-order valence-corrected chi connectivity index (χ0v) is 15.8. The Morgan fingerprint density at radius 1 is 1.15 bits per heavy atom. The van der Waals surface area contributed by atoms with Crippen LogP contribution in [0.2, 0.25) is 0 Å². The van der Waals surface area contributed by atoms with Gasteiger partial charge in [0.25, 0.3) is 5.91 Å². The number of benzene rings is 2. The highest BCUT2D eigenvalue weighted by Crippen LogP contribution is 2.29. The van der Waals surface area contributed by atoms with Crippen LogP contribution in [0.3, 0.4) is 0 Å². The fourth-order valence-electron chi connectivity index (χ4n) is 3.22. The molecule has 1 heterocycles. The van der Waals surface area contributed by atoms with Crippen LogP contribution in [0.4, 0.5) is 4.39 Å². The van der Waals surface area contributed by atoms with E-state index in [0.717, 1.165) is 16.7 Å². The van der Waals surface area contributed by atoms with Crippen molar-refractivity contribution < 1.29 is 9.18 Å². The third kappa shape index (κ3) is 4.13. The van der Waals surface area contributed by atoms with Crippen molar-refractivity contribution in [3.63, 3.8) is 0 Å². The number of fused-ring (bicyclic) bond motifs is 1. The van der Waals surface area contributed by atoms with E-state index >= 15 is 0 Å². The van der Waals surface area contributed by atoms with E-state index in [2.05, 4.69) is 15.5 Å². The van der Waals surface area contributed by atoms with E-state index in [-0.39, 0.29) is 48.6 Å². The first-order valence-electron chi connectivity index (χ1n) is 8.07. The average molecular weight is 409 g/mol. The van der Waals surface area contributed by atoms with Gasteiger partial charge in [-0.3, -0.25) is 9.89 Å². The van der Waals surface area contributed by atoms with Crippen LogP contribution in [0.25, 0.3) is 11.3 Å². The minimum Gasteiger partial charge on any atom is -0.346 e. The van der Waals surface area contributed by atoms with Crippen molar-refractivity contribution in [2.45, 2.75) is 18.5 Å². The van der Waals surface area contributed by atoms with Crippen molar-refractivity contribution >= 4 is 30.7 Å². The van der Waals surface area contributed by atoms with E-state index < -0.39 is 0 Å². The lowest BCUT2D eigenvalue weighted by atomic mass is 10.1. The lowest BCUT2D eigenvalue weighted by Crippen LogP contribution is -2.40. The van der Waals surface area contributed by atoms with Crippen LogP contribution in [0.1, 0.15) is 27.7 Å². The Morgan fingerprint density at radius 3 is 2.56 bits per heavy atom. The molecule has 5 nitrogen and oxygen atoms in total. The third-order valence-electron chi connectivity index (χ3n) is 4.57. The molecule has 0 spiro atoms. The number of aromatic nitrogens is 2. The van der Waals surface area contributed by atoms with Crippen LogP contribution >= 0.6 is 24.8 Å². The van der Waals surface area contributed by atoms with Gasteiger partial charge in [-0.25, -0.2) is 4.39 Å². The summed E-state index contributed by atoms with van der Waals surface area (Å²) >= 11 is 0. The zero-order valence-electron chi connectivity index (χ0n) is 14.2. The summed E-state index contributed by atoms with van der Waals surface area (Å²) in [6.07, 6.45) is 0.710. The summed E-state index contributed by atoms with van der Waals surface area (Å²) in [6, 6.07) is 15.2. The van der Waals surface area contributed by atoms with Crippen molar-refractivity contribution in [1.82, 2.24) is 15.5 Å². The van der Waals surface area contributed by atoms with Crippen LogP contribution in [-0.2, 0) is 6.42 Å². The second-order valence-electron chi connectivity index (χ2n) is 6.18. The Morgan fingerprint density at radius 2 is 1.85 bits per heavy atom. The van der Waals surface area contributed by atoms with Gasteiger partial charge in [0.05, 0.1) is 17.8 Å². The zero-order chi connectivity index (χ0) is 17.4. The molecule has 142 valence electrons. The van der Waals surface area contributed by atoms with Crippen molar-refractivity contribution in [2.75, 3.05) is 0 Å². The second-order valence-corrected chi connectivity index (χ2v) is 6.18. The van der Waals surface area contributed by atoms with Gasteiger partial charge in [0.15, 0.2) is 0 Å². The maximum absolute atomic E-state index is 13.0. The third-order valence-corrected chi connectivity index (χ3v) is 4.57. The summed E-state index contributed by atoms with van der Waals surface area (Å²) in [7, 11) is 0. The number of H-pyrrole nitrogens is 1. The lowest BCUT2D eigenvalue weighted by molar-refractivity contribution is 0.0928. The smallest absolute Gasteiger partial charge is 0.269 e. The molecule has 0 fully saturated rings. The van der Waals surface area contributed by atoms with E-state index in [4.69, 9.17) is 5.73 Å². The Bertz CT molecular complexity index is 929. The van der Waals surface area contributed by atoms with Gasteiger partial charge in [-0.15, -0.1) is 24.8 Å². The molecular formula is C19H19Cl2FN4O. The number of carbonyl (C=O) groups is 1. The standard InChI is InChI=1S/C19H17FN4O.2ClH/c20-13-7-5-11(6-8-13)15-10-17(24-23-15)19(25)22-16-9-12-3-1-2-4-14(12)18(16)21;;/h1-8,10,16,18H,9,21H2,(H,22,25)(H,23,24);2*1H/t16-,18-;;/m0../s1. The molecule has 1 aliphatic carbocycles. The molecule has 2 aromatic carbocycles. The molecule has 0 unspecified atom stereocenters. The first-order valence-corrected chi connectivity index (χ1v) is 8.07. The van der Waals surface area contributed by atoms with Crippen LogP contribution in [-0.4, -0.2) is 22.1 Å². The number of aromatic amines is 1. The number of nitrogens with zero attached hydrogens (tertiary/aromatic N) is 1. The fraction of sp³-hybridized carbons (Fsp3) is 0.158. The highest BCUT2D eigenvalue weighted by molar-refractivity contribution is 5.93. The Labute approximate surface area is 168 Å². The number of amides is 1. The SMILES string of the molecule is Cl.Cl.N[C@H]1c2ccccc2C[C@@H]1NC(=O)c1cc(-c2ccc(F)cc2)n[nH]1. The number of nitrogens with one attached hydrogen (secondary N) is 2. The quantitative estimate of drug-likeness (QED) is 0.620. The van der Waals surface area contributed by atoms with Gasteiger partial charge >= 0.3 is 0 Å². The molecule has 0 saturated carbocycles. The predicted molar refractivity (Wildman–Crippen MR) is 107 cm³/mol. The van der Waals surface area contributed by atoms with Crippen LogP contribution in [0.15, 0.2) is 54.6 Å². The van der Waals surface area contributed by atoms with Crippen molar-refractivity contribution in [1.29, 1.82) is 0 Å². The summed E-state index contributed by atoms with van der Waals surface area (Å²) in [5.74, 6) is -0.568. The predicted octanol–water partition coefficient (Wildman–Crippen LogP) is 3.41. The molecule has 8 heteroatoms. The van der Waals surface area contributed by atoms with E-state index in [1.807, 2.05) is 24.3 Å². The molecule has 0 saturated heterocycles. The van der Waals surface area contributed by atoms with Gasteiger partial charge in [-0.2, -0.15) is 5.10 Å². The minimum atomic E-state index is -0.313. The summed E-state index contributed by atoms with van der Waals surface area (Å²) in [6.45, 7) is 0. The highest BCUT2D eigenvalue weighted by atomic mass is 35.5. The van der Waals surface area contributed by atoms with Gasteiger partial charge in [-0.1, -0.05) is 24.3 Å². The van der Waals surface area contributed by atoms with Gasteiger partial charge in [0.1, 0.15) is 11.5 Å². The van der Waals surface area contributed by atoms with E-state index in [1.54, 1.807) is 18.2 Å². The monoisotopic (exact) mass is 408 g/mol. The number of rotatable bonds is 3. The van der Waals surface area contributed by atoms with Crippen molar-refractivity contribution in [3.05, 3.63) is 77.2 Å². The summed E-state index contributed by atoms with van der Waals surface area (Å²) in [5.41, 5.74) is 10.2. The molecular weight excluding hydrogens is 390 g/mol. The molecule has 3 aromatic rings. The number of hydrogen-bond donors (Lipinski definition) is 3. The maximum Gasteiger partial charge on any atom is 0.269 e. The van der Waals surface area contributed by atoms with Gasteiger partial charge in [0, 0.05) is 5.56 Å². The van der Waals surface area contributed by atoms with Crippen LogP contribution < -0.4 is 11.1 Å². The molecule has 0 radical (unpaired) electrons. The normalized spacial score (nSPS) is 17.4. The van der Waals surface area contributed by atoms with E-state index in [0.29, 0.717) is 17.8 Å². The molecule has 1 aliphatic rings. The lowest BCUT2D eigenvalue weighted by Gasteiger charge is -2.17. The van der Waals surface area contributed by atoms with Crippen molar-refractivity contribution in [2.24, 2.45) is 5.73 Å². The second kappa shape index (κ2) is 8.52. The molecule has 27 heavy (non-hydrogen) atoms. The highest BCUT2D eigenvalue weighted by Gasteiger charge is 2.30. The molecule has 2 atom stereocenters. The van der Waals surface area contributed by atoms with Crippen LogP contribution in [0, 0.1) is 5.82 Å². The van der Waals surface area contributed by atoms with E-state index in [9.17, 15) is 9.18 Å². The fourth-order valence-corrected chi connectivity index (χ4v) is 3.22. The molecule has 4 rings (SSSR count). The topological polar surface area (TPSA) is 83.8 Å². The van der Waals surface area contributed by atoms with Gasteiger partial charge < -0.3 is 11.1 Å². The summed E-state index contributed by atoms with van der Waals surface area (Å²) in [5, 5.41) is 9.83. The average Bonchev–Trinajstić information content (AvgIpc) is 3.22. The summed E-state index contributed by atoms with van der Waals surface area (Å²) in [4.78, 5) is 12.5. The molecule has 0 aliphatic heterocycles. The largest absolute Gasteiger partial charge is 0.346 e. The summed E-state index contributed by atoms with van der Waals surface area (Å²) < 4.78 is 13.0. The Kier molecular flexibility index (Phi) is 6.59.